The summed E-state index contributed by atoms with van der Waals surface area (Å²) in [7, 11) is -5.29. The molecule has 0 saturated carbocycles. The number of hydrogen-bond acceptors (Lipinski definition) is 7. The van der Waals surface area contributed by atoms with Gasteiger partial charge in [0.05, 0.1) is 24.2 Å². The molecule has 34 heavy (non-hydrogen) atoms. The Bertz CT molecular complexity index is 990. The van der Waals surface area contributed by atoms with Crippen LogP contribution >= 0.6 is 0 Å². The Morgan fingerprint density at radius 2 is 1.71 bits per heavy atom. The molecule has 1 unspecified atom stereocenters. The van der Waals surface area contributed by atoms with Gasteiger partial charge in [0, 0.05) is 21.1 Å². The van der Waals surface area contributed by atoms with Crippen molar-refractivity contribution in [1.29, 1.82) is 0 Å². The van der Waals surface area contributed by atoms with Crippen LogP contribution in [-0.2, 0) is 35.1 Å². The van der Waals surface area contributed by atoms with Gasteiger partial charge in [0.1, 0.15) is 12.2 Å². The van der Waals surface area contributed by atoms with Crippen molar-refractivity contribution in [3.63, 3.8) is 0 Å². The van der Waals surface area contributed by atoms with Crippen LogP contribution in [0.3, 0.4) is 0 Å². The van der Waals surface area contributed by atoms with Gasteiger partial charge in [-0.2, -0.15) is 8.42 Å². The fourth-order valence-electron chi connectivity index (χ4n) is 3.52. The zero-order chi connectivity index (χ0) is 24.8. The van der Waals surface area contributed by atoms with E-state index in [1.54, 1.807) is 12.1 Å². The summed E-state index contributed by atoms with van der Waals surface area (Å²) < 4.78 is 48.4. The predicted octanol–water partition coefficient (Wildman–Crippen LogP) is 4.12. The third-order valence-corrected chi connectivity index (χ3v) is 8.67. The standard InChI is InChI=1S/C25H36O7SSi/c1-19-10-12-21(13-11-19)33(27,28)31-18-23-25(26)22(30-17-20-8-6-5-7-9-20)16-24(32-23)29-14-15-34(2,3)4/h5-13,22-26H,14-18H2,1-4H3/t22-,23-,24?,25+/m1/s1. The Kier molecular flexibility index (Phi) is 9.45. The second-order valence-corrected chi connectivity index (χ2v) is 17.1. The van der Waals surface area contributed by atoms with Crippen LogP contribution in [0, 0.1) is 6.92 Å². The number of rotatable bonds is 11. The monoisotopic (exact) mass is 508 g/mol. The van der Waals surface area contributed by atoms with E-state index in [4.69, 9.17) is 18.4 Å². The molecule has 1 aliphatic rings. The van der Waals surface area contributed by atoms with Crippen LogP contribution < -0.4 is 0 Å². The van der Waals surface area contributed by atoms with Gasteiger partial charge in [-0.05, 0) is 30.7 Å². The average Bonchev–Trinajstić information content (AvgIpc) is 2.78. The van der Waals surface area contributed by atoms with Crippen molar-refractivity contribution >= 4 is 18.2 Å². The first-order chi connectivity index (χ1) is 16.0. The van der Waals surface area contributed by atoms with Gasteiger partial charge >= 0.3 is 0 Å². The first kappa shape index (κ1) is 27.0. The summed E-state index contributed by atoms with van der Waals surface area (Å²) in [5, 5.41) is 10.9. The van der Waals surface area contributed by atoms with E-state index < -0.39 is 42.8 Å². The maximum Gasteiger partial charge on any atom is 0.297 e. The Morgan fingerprint density at radius 3 is 2.35 bits per heavy atom. The molecule has 1 aliphatic heterocycles. The quantitative estimate of drug-likeness (QED) is 0.361. The summed E-state index contributed by atoms with van der Waals surface area (Å²) >= 11 is 0. The molecule has 188 valence electrons. The molecule has 9 heteroatoms. The second-order valence-electron chi connectivity index (χ2n) is 9.90. The zero-order valence-electron chi connectivity index (χ0n) is 20.3. The Morgan fingerprint density at radius 1 is 1.03 bits per heavy atom. The van der Waals surface area contributed by atoms with Gasteiger partial charge in [0.15, 0.2) is 6.29 Å². The average molecular weight is 509 g/mol. The SMILES string of the molecule is Cc1ccc(S(=O)(=O)OC[C@H]2OC(OCC[Si](C)(C)C)C[C@@H](OCc3ccccc3)[C@@H]2O)cc1. The van der Waals surface area contributed by atoms with Crippen molar-refractivity contribution in [2.75, 3.05) is 13.2 Å². The summed E-state index contributed by atoms with van der Waals surface area (Å²) in [6.07, 6.45) is -2.82. The molecule has 4 atom stereocenters. The highest BCUT2D eigenvalue weighted by molar-refractivity contribution is 7.86. The molecule has 0 aliphatic carbocycles. The van der Waals surface area contributed by atoms with Crippen molar-refractivity contribution in [2.24, 2.45) is 0 Å². The number of aryl methyl sites for hydroxylation is 1. The smallest absolute Gasteiger partial charge is 0.297 e. The van der Waals surface area contributed by atoms with Gasteiger partial charge in [-0.25, -0.2) is 0 Å². The minimum absolute atomic E-state index is 0.0585. The van der Waals surface area contributed by atoms with Gasteiger partial charge < -0.3 is 19.3 Å². The first-order valence-electron chi connectivity index (χ1n) is 11.6. The summed E-state index contributed by atoms with van der Waals surface area (Å²) in [5.41, 5.74) is 1.92. The van der Waals surface area contributed by atoms with E-state index in [1.165, 1.54) is 12.1 Å². The molecule has 1 fully saturated rings. The number of ether oxygens (including phenoxy) is 3. The lowest BCUT2D eigenvalue weighted by Crippen LogP contribution is -2.52. The fourth-order valence-corrected chi connectivity index (χ4v) is 5.16. The Hall–Kier alpha value is -1.59. The van der Waals surface area contributed by atoms with Crippen molar-refractivity contribution in [2.45, 2.75) is 75.1 Å². The van der Waals surface area contributed by atoms with Crippen LogP contribution in [-0.4, -0.2) is 59.4 Å². The van der Waals surface area contributed by atoms with Gasteiger partial charge in [-0.15, -0.1) is 0 Å². The molecule has 1 N–H and O–H groups in total. The van der Waals surface area contributed by atoms with Crippen LogP contribution in [0.25, 0.3) is 0 Å². The van der Waals surface area contributed by atoms with Crippen LogP contribution in [0.4, 0.5) is 0 Å². The fraction of sp³-hybridized carbons (Fsp3) is 0.520. The van der Waals surface area contributed by atoms with Crippen molar-refractivity contribution in [1.82, 2.24) is 0 Å². The van der Waals surface area contributed by atoms with Crippen LogP contribution in [0.1, 0.15) is 17.5 Å². The van der Waals surface area contributed by atoms with Crippen molar-refractivity contribution in [3.05, 3.63) is 65.7 Å². The molecule has 2 aromatic rings. The lowest BCUT2D eigenvalue weighted by atomic mass is 10.0. The van der Waals surface area contributed by atoms with Crippen molar-refractivity contribution in [3.8, 4) is 0 Å². The summed E-state index contributed by atoms with van der Waals surface area (Å²) in [6.45, 7) is 9.19. The number of aliphatic hydroxyl groups excluding tert-OH is 1. The van der Waals surface area contributed by atoms with E-state index in [-0.39, 0.29) is 11.5 Å². The molecule has 2 aromatic carbocycles. The molecule has 7 nitrogen and oxygen atoms in total. The highest BCUT2D eigenvalue weighted by Crippen LogP contribution is 2.27. The lowest BCUT2D eigenvalue weighted by molar-refractivity contribution is -0.262. The molecule has 0 radical (unpaired) electrons. The van der Waals surface area contributed by atoms with E-state index in [2.05, 4.69) is 19.6 Å². The Balaban J connectivity index is 1.66. The molecular formula is C25H36O7SSi. The maximum absolute atomic E-state index is 12.6. The zero-order valence-corrected chi connectivity index (χ0v) is 22.2. The van der Waals surface area contributed by atoms with E-state index >= 15 is 0 Å². The molecule has 0 bridgehead atoms. The number of aliphatic hydroxyl groups is 1. The maximum atomic E-state index is 12.6. The number of hydrogen-bond donors (Lipinski definition) is 1. The molecule has 3 rings (SSSR count). The normalized spacial score (nSPS) is 23.7. The lowest BCUT2D eigenvalue weighted by Gasteiger charge is -2.39. The van der Waals surface area contributed by atoms with Crippen LogP contribution in [0.15, 0.2) is 59.5 Å². The van der Waals surface area contributed by atoms with Crippen LogP contribution in [0.2, 0.25) is 25.7 Å². The van der Waals surface area contributed by atoms with Gasteiger partial charge in [0.25, 0.3) is 10.1 Å². The molecule has 0 spiro atoms. The molecule has 0 aromatic heterocycles. The minimum Gasteiger partial charge on any atom is -0.388 e. The van der Waals surface area contributed by atoms with Gasteiger partial charge in [-0.1, -0.05) is 67.7 Å². The molecule has 0 amide bonds. The summed E-state index contributed by atoms with van der Waals surface area (Å²) in [6, 6.07) is 17.0. The van der Waals surface area contributed by atoms with Crippen LogP contribution in [0.5, 0.6) is 0 Å². The van der Waals surface area contributed by atoms with Gasteiger partial charge in [-0.3, -0.25) is 4.18 Å². The molecule has 1 heterocycles. The summed E-state index contributed by atoms with van der Waals surface area (Å²) in [4.78, 5) is 0.0585. The predicted molar refractivity (Wildman–Crippen MR) is 133 cm³/mol. The molecular weight excluding hydrogens is 472 g/mol. The highest BCUT2D eigenvalue weighted by Gasteiger charge is 2.40. The summed E-state index contributed by atoms with van der Waals surface area (Å²) in [5.74, 6) is 0. The second kappa shape index (κ2) is 11.9. The largest absolute Gasteiger partial charge is 0.388 e. The van der Waals surface area contributed by atoms with E-state index in [1.807, 2.05) is 37.3 Å². The van der Waals surface area contributed by atoms with E-state index in [9.17, 15) is 13.5 Å². The third-order valence-electron chi connectivity index (χ3n) is 5.67. The van der Waals surface area contributed by atoms with E-state index in [0.29, 0.717) is 19.6 Å². The van der Waals surface area contributed by atoms with Gasteiger partial charge in [0.2, 0.25) is 0 Å². The molecule has 1 saturated heterocycles. The Labute approximate surface area is 204 Å². The highest BCUT2D eigenvalue weighted by atomic mass is 32.2. The van der Waals surface area contributed by atoms with E-state index in [0.717, 1.165) is 17.2 Å². The minimum atomic E-state index is -3.99. The topological polar surface area (TPSA) is 91.3 Å². The van der Waals surface area contributed by atoms with Crippen molar-refractivity contribution < 1.29 is 31.9 Å². The third kappa shape index (κ3) is 8.26. The number of benzene rings is 2. The first-order valence-corrected chi connectivity index (χ1v) is 16.7.